The zero-order valence-corrected chi connectivity index (χ0v) is 18.5. The van der Waals surface area contributed by atoms with E-state index in [0.717, 1.165) is 25.7 Å². The van der Waals surface area contributed by atoms with Gasteiger partial charge in [0.15, 0.2) is 6.61 Å². The number of carbonyl (C=O) groups is 2. The van der Waals surface area contributed by atoms with Gasteiger partial charge in [-0.2, -0.15) is 17.2 Å². The van der Waals surface area contributed by atoms with Crippen LogP contribution in [0.2, 0.25) is 0 Å². The van der Waals surface area contributed by atoms with Gasteiger partial charge < -0.3 is 9.47 Å². The summed E-state index contributed by atoms with van der Waals surface area (Å²) in [4.78, 5) is 25.3. The molecular formula is C19H32F2O7S. The molecule has 0 aliphatic heterocycles. The molecule has 0 amide bonds. The van der Waals surface area contributed by atoms with Crippen LogP contribution in [0, 0.1) is 10.8 Å². The van der Waals surface area contributed by atoms with Gasteiger partial charge >= 0.3 is 27.3 Å². The topological polar surface area (TPSA) is 107 Å². The highest BCUT2D eigenvalue weighted by Crippen LogP contribution is 2.42. The van der Waals surface area contributed by atoms with E-state index in [1.54, 1.807) is 20.8 Å². The second-order valence-corrected chi connectivity index (χ2v) is 10.3. The molecule has 170 valence electrons. The fourth-order valence-corrected chi connectivity index (χ4v) is 3.88. The zero-order valence-electron chi connectivity index (χ0n) is 17.7. The molecule has 0 aromatic carbocycles. The SMILES string of the molecule is CCC1(OC(=O)C(C)(C)CC(C)(CC)C(=O)OCC(F)(F)S(=O)(=O)O)CCCC1. The smallest absolute Gasteiger partial charge is 0.402 e. The standard InChI is InChI=1S/C19H32F2O7S/c1-6-17(5,15(23)27-13-19(20,21)29(24,25)26)12-16(3,4)14(22)28-18(7-2)10-8-9-11-18/h6-13H2,1-5H3,(H,24,25,26). The van der Waals surface area contributed by atoms with Crippen LogP contribution >= 0.6 is 0 Å². The van der Waals surface area contributed by atoms with Gasteiger partial charge in [-0.05, 0) is 65.7 Å². The maximum Gasteiger partial charge on any atom is 0.402 e. The molecule has 29 heavy (non-hydrogen) atoms. The molecule has 1 N–H and O–H groups in total. The van der Waals surface area contributed by atoms with E-state index in [2.05, 4.69) is 4.74 Å². The first-order chi connectivity index (χ1) is 13.0. The molecule has 0 aromatic rings. The number of halogens is 2. The lowest BCUT2D eigenvalue weighted by Gasteiger charge is -2.37. The summed E-state index contributed by atoms with van der Waals surface area (Å²) in [6.07, 6.45) is 4.33. The summed E-state index contributed by atoms with van der Waals surface area (Å²) >= 11 is 0. The number of alkyl halides is 2. The molecular weight excluding hydrogens is 410 g/mol. The largest absolute Gasteiger partial charge is 0.459 e. The van der Waals surface area contributed by atoms with Crippen molar-refractivity contribution in [2.24, 2.45) is 10.8 Å². The molecule has 0 bridgehead atoms. The van der Waals surface area contributed by atoms with Crippen molar-refractivity contribution in [3.63, 3.8) is 0 Å². The molecule has 1 fully saturated rings. The molecule has 0 heterocycles. The van der Waals surface area contributed by atoms with Crippen LogP contribution in [0.5, 0.6) is 0 Å². The summed E-state index contributed by atoms with van der Waals surface area (Å²) in [5, 5.41) is -4.61. The van der Waals surface area contributed by atoms with Gasteiger partial charge in [0.25, 0.3) is 0 Å². The van der Waals surface area contributed by atoms with Crippen LogP contribution in [0.3, 0.4) is 0 Å². The summed E-state index contributed by atoms with van der Waals surface area (Å²) in [6.45, 7) is 6.47. The Hall–Kier alpha value is -1.29. The van der Waals surface area contributed by atoms with Crippen LogP contribution in [0.25, 0.3) is 0 Å². The van der Waals surface area contributed by atoms with E-state index in [1.165, 1.54) is 6.92 Å². The second kappa shape index (κ2) is 8.83. The molecule has 1 atom stereocenters. The Morgan fingerprint density at radius 3 is 2.00 bits per heavy atom. The van der Waals surface area contributed by atoms with Crippen molar-refractivity contribution in [3.8, 4) is 0 Å². The summed E-state index contributed by atoms with van der Waals surface area (Å²) in [5.74, 6) is -1.55. The van der Waals surface area contributed by atoms with Crippen LogP contribution in [0.1, 0.15) is 79.6 Å². The van der Waals surface area contributed by atoms with Crippen LogP contribution in [0.4, 0.5) is 8.78 Å². The van der Waals surface area contributed by atoms with E-state index < -0.39 is 50.3 Å². The Kier molecular flexibility index (Phi) is 7.84. The third-order valence-electron chi connectivity index (χ3n) is 5.87. The van der Waals surface area contributed by atoms with Gasteiger partial charge in [-0.25, -0.2) is 0 Å². The fraction of sp³-hybridized carbons (Fsp3) is 0.895. The summed E-state index contributed by atoms with van der Waals surface area (Å²) in [5.41, 5.74) is -2.93. The summed E-state index contributed by atoms with van der Waals surface area (Å²) in [7, 11) is -5.71. The normalized spacial score (nSPS) is 19.4. The molecule has 10 heteroatoms. The van der Waals surface area contributed by atoms with Crippen molar-refractivity contribution >= 4 is 22.1 Å². The van der Waals surface area contributed by atoms with Crippen molar-refractivity contribution in [3.05, 3.63) is 0 Å². The number of hydrogen-bond acceptors (Lipinski definition) is 6. The first-order valence-electron chi connectivity index (χ1n) is 9.80. The zero-order chi connectivity index (χ0) is 22.7. The van der Waals surface area contributed by atoms with E-state index in [-0.39, 0.29) is 12.8 Å². The number of hydrogen-bond donors (Lipinski definition) is 1. The molecule has 0 aromatic heterocycles. The van der Waals surface area contributed by atoms with Crippen molar-refractivity contribution in [1.29, 1.82) is 0 Å². The monoisotopic (exact) mass is 442 g/mol. The van der Waals surface area contributed by atoms with E-state index in [1.807, 2.05) is 6.92 Å². The number of ether oxygens (including phenoxy) is 2. The van der Waals surface area contributed by atoms with E-state index in [9.17, 15) is 26.8 Å². The molecule has 1 saturated carbocycles. The molecule has 0 radical (unpaired) electrons. The number of esters is 2. The van der Waals surface area contributed by atoms with Gasteiger partial charge in [0.1, 0.15) is 5.60 Å². The van der Waals surface area contributed by atoms with E-state index >= 15 is 0 Å². The lowest BCUT2D eigenvalue weighted by Crippen LogP contribution is -2.43. The van der Waals surface area contributed by atoms with Crippen molar-refractivity contribution in [1.82, 2.24) is 0 Å². The van der Waals surface area contributed by atoms with E-state index in [4.69, 9.17) is 9.29 Å². The van der Waals surface area contributed by atoms with Gasteiger partial charge in [-0.15, -0.1) is 0 Å². The Morgan fingerprint density at radius 1 is 1.07 bits per heavy atom. The van der Waals surface area contributed by atoms with Gasteiger partial charge in [0.2, 0.25) is 0 Å². The highest BCUT2D eigenvalue weighted by atomic mass is 32.2. The lowest BCUT2D eigenvalue weighted by molar-refractivity contribution is -0.176. The average Bonchev–Trinajstić information content (AvgIpc) is 3.07. The van der Waals surface area contributed by atoms with E-state index in [0.29, 0.717) is 6.42 Å². The first kappa shape index (κ1) is 25.7. The molecule has 0 spiro atoms. The minimum atomic E-state index is -5.71. The Balaban J connectivity index is 2.89. The van der Waals surface area contributed by atoms with Gasteiger partial charge in [0, 0.05) is 0 Å². The van der Waals surface area contributed by atoms with Crippen molar-refractivity contribution in [2.45, 2.75) is 90.4 Å². The molecule has 1 unspecified atom stereocenters. The van der Waals surface area contributed by atoms with Crippen LogP contribution in [-0.2, 0) is 29.2 Å². The summed E-state index contributed by atoms with van der Waals surface area (Å²) in [6, 6.07) is 0. The third kappa shape index (κ3) is 6.10. The molecule has 1 aliphatic rings. The minimum Gasteiger partial charge on any atom is -0.459 e. The summed E-state index contributed by atoms with van der Waals surface area (Å²) < 4.78 is 67.0. The van der Waals surface area contributed by atoms with Crippen LogP contribution < -0.4 is 0 Å². The van der Waals surface area contributed by atoms with Crippen molar-refractivity contribution in [2.75, 3.05) is 6.61 Å². The lowest BCUT2D eigenvalue weighted by atomic mass is 9.72. The fourth-order valence-electron chi connectivity index (χ4n) is 3.67. The Morgan fingerprint density at radius 2 is 1.59 bits per heavy atom. The van der Waals surface area contributed by atoms with Crippen LogP contribution in [0.15, 0.2) is 0 Å². The molecule has 7 nitrogen and oxygen atoms in total. The maximum absolute atomic E-state index is 13.4. The Bertz CT molecular complexity index is 712. The maximum atomic E-state index is 13.4. The quantitative estimate of drug-likeness (QED) is 0.401. The molecule has 1 aliphatic carbocycles. The highest BCUT2D eigenvalue weighted by molar-refractivity contribution is 7.86. The van der Waals surface area contributed by atoms with Gasteiger partial charge in [0.05, 0.1) is 10.8 Å². The highest BCUT2D eigenvalue weighted by Gasteiger charge is 2.49. The molecule has 0 saturated heterocycles. The molecule has 1 rings (SSSR count). The second-order valence-electron chi connectivity index (χ2n) is 8.80. The van der Waals surface area contributed by atoms with Crippen molar-refractivity contribution < 1.29 is 40.8 Å². The van der Waals surface area contributed by atoms with Crippen LogP contribution in [-0.4, -0.2) is 42.4 Å². The minimum absolute atomic E-state index is 0.0363. The van der Waals surface area contributed by atoms with Gasteiger partial charge in [-0.3, -0.25) is 14.1 Å². The first-order valence-corrected chi connectivity index (χ1v) is 11.2. The Labute approximate surface area is 171 Å². The number of rotatable bonds is 10. The average molecular weight is 443 g/mol. The number of carbonyl (C=O) groups excluding carboxylic acids is 2. The predicted octanol–water partition coefficient (Wildman–Crippen LogP) is 4.11. The van der Waals surface area contributed by atoms with Gasteiger partial charge in [-0.1, -0.05) is 13.8 Å². The predicted molar refractivity (Wildman–Crippen MR) is 102 cm³/mol. The third-order valence-corrected chi connectivity index (χ3v) is 6.75.